The Morgan fingerprint density at radius 1 is 1.19 bits per heavy atom. The molecule has 1 unspecified atom stereocenters. The molecule has 0 saturated carbocycles. The highest BCUT2D eigenvalue weighted by Gasteiger charge is 2.29. The van der Waals surface area contributed by atoms with Crippen molar-refractivity contribution in [3.8, 4) is 6.19 Å². The van der Waals surface area contributed by atoms with Crippen molar-refractivity contribution in [2.75, 3.05) is 24.5 Å². The quantitative estimate of drug-likeness (QED) is 0.496. The van der Waals surface area contributed by atoms with Crippen molar-refractivity contribution in [3.05, 3.63) is 48.0 Å². The molecule has 2 heterocycles. The number of amidine groups is 1. The van der Waals surface area contributed by atoms with Crippen LogP contribution in [0, 0.1) is 11.5 Å². The molecule has 0 aliphatic carbocycles. The van der Waals surface area contributed by atoms with Gasteiger partial charge in [0.25, 0.3) is 0 Å². The third-order valence-electron chi connectivity index (χ3n) is 5.19. The van der Waals surface area contributed by atoms with E-state index in [1.54, 1.807) is 18.0 Å². The summed E-state index contributed by atoms with van der Waals surface area (Å²) in [6.45, 7) is 5.69. The normalized spacial score (nSPS) is 17.9. The number of nitrogens with zero attached hydrogens (tertiary/aromatic N) is 4. The van der Waals surface area contributed by atoms with Crippen molar-refractivity contribution in [1.29, 1.82) is 5.26 Å². The van der Waals surface area contributed by atoms with Gasteiger partial charge in [-0.2, -0.15) is 10.3 Å². The SMILES string of the molecule is CC(CN1CCCC1)N1c2ccccc2Sc2ccc(C(N)=NC#N)cc21. The number of rotatable bonds is 4. The van der Waals surface area contributed by atoms with E-state index in [0.29, 0.717) is 6.04 Å². The summed E-state index contributed by atoms with van der Waals surface area (Å²) in [4.78, 5) is 11.1. The topological polar surface area (TPSA) is 68.7 Å². The second kappa shape index (κ2) is 7.63. The van der Waals surface area contributed by atoms with E-state index in [-0.39, 0.29) is 5.84 Å². The van der Waals surface area contributed by atoms with Crippen LogP contribution in [0.1, 0.15) is 25.3 Å². The van der Waals surface area contributed by atoms with Gasteiger partial charge in [-0.15, -0.1) is 0 Å². The van der Waals surface area contributed by atoms with Gasteiger partial charge in [0.05, 0.1) is 11.4 Å². The van der Waals surface area contributed by atoms with Gasteiger partial charge in [-0.25, -0.2) is 0 Å². The second-order valence-corrected chi connectivity index (χ2v) is 8.16. The van der Waals surface area contributed by atoms with E-state index in [1.165, 1.54) is 41.4 Å². The molecular weight excluding hydrogens is 354 g/mol. The van der Waals surface area contributed by atoms with Crippen molar-refractivity contribution in [3.63, 3.8) is 0 Å². The Bertz CT molecular complexity index is 911. The predicted octanol–water partition coefficient (Wildman–Crippen LogP) is 3.96. The van der Waals surface area contributed by atoms with Gasteiger partial charge in [-0.05, 0) is 63.2 Å². The van der Waals surface area contributed by atoms with Gasteiger partial charge in [0, 0.05) is 27.9 Å². The first-order valence-corrected chi connectivity index (χ1v) is 10.1. The van der Waals surface area contributed by atoms with Crippen molar-refractivity contribution in [2.45, 2.75) is 35.6 Å². The maximum Gasteiger partial charge on any atom is 0.207 e. The highest BCUT2D eigenvalue weighted by Crippen LogP contribution is 2.49. The number of para-hydroxylation sites is 1. The average Bonchev–Trinajstić information content (AvgIpc) is 3.18. The summed E-state index contributed by atoms with van der Waals surface area (Å²) < 4.78 is 0. The Labute approximate surface area is 164 Å². The zero-order valence-corrected chi connectivity index (χ0v) is 16.2. The molecule has 2 aromatic rings. The Morgan fingerprint density at radius 3 is 2.70 bits per heavy atom. The highest BCUT2D eigenvalue weighted by molar-refractivity contribution is 7.99. The van der Waals surface area contributed by atoms with E-state index in [0.717, 1.165) is 17.8 Å². The summed E-state index contributed by atoms with van der Waals surface area (Å²) in [6, 6.07) is 15.0. The average molecular weight is 378 g/mol. The molecule has 0 amide bonds. The molecule has 4 rings (SSSR count). The minimum absolute atomic E-state index is 0.260. The fourth-order valence-electron chi connectivity index (χ4n) is 3.96. The number of likely N-dealkylation sites (tertiary alicyclic amines) is 1. The van der Waals surface area contributed by atoms with E-state index in [9.17, 15) is 0 Å². The molecule has 6 heteroatoms. The van der Waals surface area contributed by atoms with Crippen LogP contribution in [0.2, 0.25) is 0 Å². The Morgan fingerprint density at radius 2 is 1.93 bits per heavy atom. The van der Waals surface area contributed by atoms with Crippen molar-refractivity contribution in [2.24, 2.45) is 10.7 Å². The van der Waals surface area contributed by atoms with Gasteiger partial charge in [0.15, 0.2) is 0 Å². The summed E-state index contributed by atoms with van der Waals surface area (Å²) in [6.07, 6.45) is 4.37. The number of anilines is 2. The van der Waals surface area contributed by atoms with Crippen LogP contribution in [0.15, 0.2) is 57.2 Å². The molecule has 1 fully saturated rings. The number of fused-ring (bicyclic) bond motifs is 2. The molecule has 0 spiro atoms. The number of hydrogen-bond donors (Lipinski definition) is 1. The van der Waals surface area contributed by atoms with E-state index < -0.39 is 0 Å². The van der Waals surface area contributed by atoms with E-state index >= 15 is 0 Å². The van der Waals surface area contributed by atoms with Gasteiger partial charge in [0.2, 0.25) is 6.19 Å². The lowest BCUT2D eigenvalue weighted by Crippen LogP contribution is -2.40. The van der Waals surface area contributed by atoms with Crippen molar-refractivity contribution < 1.29 is 0 Å². The number of benzene rings is 2. The maximum absolute atomic E-state index is 8.83. The predicted molar refractivity (Wildman–Crippen MR) is 111 cm³/mol. The van der Waals surface area contributed by atoms with Crippen LogP contribution < -0.4 is 10.6 Å². The first-order valence-electron chi connectivity index (χ1n) is 9.32. The van der Waals surface area contributed by atoms with Crippen molar-refractivity contribution >= 4 is 29.0 Å². The third kappa shape index (κ3) is 3.53. The van der Waals surface area contributed by atoms with E-state index in [4.69, 9.17) is 11.0 Å². The van der Waals surface area contributed by atoms with Gasteiger partial charge in [-0.3, -0.25) is 0 Å². The zero-order chi connectivity index (χ0) is 18.8. The molecule has 27 heavy (non-hydrogen) atoms. The highest BCUT2D eigenvalue weighted by atomic mass is 32.2. The molecule has 0 aromatic heterocycles. The Hall–Kier alpha value is -2.49. The molecule has 5 nitrogen and oxygen atoms in total. The standard InChI is InChI=1S/C21H23N5S/c1-15(13-25-10-4-5-11-25)26-17-6-2-3-7-19(17)27-20-9-8-16(12-18(20)26)21(23)24-14-22/h2-3,6-9,12,15H,4-5,10-11,13H2,1H3,(H2,23,24). The molecule has 0 radical (unpaired) electrons. The molecule has 2 aromatic carbocycles. The van der Waals surface area contributed by atoms with Gasteiger partial charge in [-0.1, -0.05) is 23.9 Å². The fraction of sp³-hybridized carbons (Fsp3) is 0.333. The maximum atomic E-state index is 8.83. The zero-order valence-electron chi connectivity index (χ0n) is 15.4. The van der Waals surface area contributed by atoms with Gasteiger partial charge >= 0.3 is 0 Å². The van der Waals surface area contributed by atoms with Gasteiger partial charge in [0.1, 0.15) is 5.84 Å². The van der Waals surface area contributed by atoms with Crippen molar-refractivity contribution in [1.82, 2.24) is 4.90 Å². The largest absolute Gasteiger partial charge is 0.383 e. The Balaban J connectivity index is 1.75. The van der Waals surface area contributed by atoms with Gasteiger partial charge < -0.3 is 15.5 Å². The van der Waals surface area contributed by atoms with E-state index in [1.807, 2.05) is 6.07 Å². The monoisotopic (exact) mass is 377 g/mol. The minimum atomic E-state index is 0.260. The molecule has 2 N–H and O–H groups in total. The number of hydrogen-bond acceptors (Lipinski definition) is 5. The number of nitriles is 1. The van der Waals surface area contributed by atoms with Crippen LogP contribution >= 0.6 is 11.8 Å². The molecule has 1 atom stereocenters. The van der Waals surface area contributed by atoms with E-state index in [2.05, 4.69) is 58.1 Å². The molecule has 1 saturated heterocycles. The van der Waals surface area contributed by atoms with Crippen LogP contribution in [0.3, 0.4) is 0 Å². The van der Waals surface area contributed by atoms with Crippen LogP contribution in [0.5, 0.6) is 0 Å². The summed E-state index contributed by atoms with van der Waals surface area (Å²) >= 11 is 1.78. The number of aliphatic imine (C=N–C) groups is 1. The Kier molecular flexibility index (Phi) is 5.06. The lowest BCUT2D eigenvalue weighted by Gasteiger charge is -2.39. The lowest BCUT2D eigenvalue weighted by molar-refractivity contribution is 0.319. The molecule has 2 aliphatic rings. The minimum Gasteiger partial charge on any atom is -0.383 e. The van der Waals surface area contributed by atoms with Crippen LogP contribution in [0.4, 0.5) is 11.4 Å². The van der Waals surface area contributed by atoms with Crippen LogP contribution in [-0.4, -0.2) is 36.4 Å². The molecular formula is C21H23N5S. The summed E-state index contributed by atoms with van der Waals surface area (Å²) in [5.41, 5.74) is 9.14. The molecule has 2 aliphatic heterocycles. The molecule has 138 valence electrons. The lowest BCUT2D eigenvalue weighted by atomic mass is 10.1. The van der Waals surface area contributed by atoms with Crippen LogP contribution in [-0.2, 0) is 0 Å². The number of nitrogens with two attached hydrogens (primary N) is 1. The first-order chi connectivity index (χ1) is 13.2. The summed E-state index contributed by atoms with van der Waals surface area (Å²) in [5.74, 6) is 0.260. The first kappa shape index (κ1) is 17.9. The third-order valence-corrected chi connectivity index (χ3v) is 6.32. The smallest absolute Gasteiger partial charge is 0.207 e. The molecule has 0 bridgehead atoms. The second-order valence-electron chi connectivity index (χ2n) is 7.08. The fourth-order valence-corrected chi connectivity index (χ4v) is 5.01. The van der Waals surface area contributed by atoms with Crippen LogP contribution in [0.25, 0.3) is 0 Å². The summed E-state index contributed by atoms with van der Waals surface area (Å²) in [5, 5.41) is 8.83. The summed E-state index contributed by atoms with van der Waals surface area (Å²) in [7, 11) is 0.